The van der Waals surface area contributed by atoms with Crippen LogP contribution in [0, 0.1) is 5.41 Å². The topological polar surface area (TPSA) is 22.0 Å². The summed E-state index contributed by atoms with van der Waals surface area (Å²) in [6.07, 6.45) is 3.32. The molecule has 0 bridgehead atoms. The summed E-state index contributed by atoms with van der Waals surface area (Å²) in [6, 6.07) is 5.65. The normalized spacial score (nSPS) is 16.9. The molecule has 2 aromatic rings. The third kappa shape index (κ3) is 2.56. The minimum atomic E-state index is -0.0359. The molecule has 1 aromatic heterocycles. The minimum absolute atomic E-state index is 0.0359. The van der Waals surface area contributed by atoms with E-state index < -0.39 is 0 Å². The lowest BCUT2D eigenvalue weighted by Gasteiger charge is -2.30. The van der Waals surface area contributed by atoms with E-state index in [-0.39, 0.29) is 11.2 Å². The van der Waals surface area contributed by atoms with E-state index in [1.165, 1.54) is 0 Å². The SMILES string of the molecule is CC1(C)CC(=O)c2ccn(-c3ccc(Br)c(Cl)c3Cl)c2C1. The fourth-order valence-electron chi connectivity index (χ4n) is 2.87. The Kier molecular flexibility index (Phi) is 3.71. The Morgan fingerprint density at radius 1 is 1.14 bits per heavy atom. The summed E-state index contributed by atoms with van der Waals surface area (Å²) >= 11 is 15.9. The van der Waals surface area contributed by atoms with Crippen LogP contribution in [-0.2, 0) is 6.42 Å². The maximum Gasteiger partial charge on any atom is 0.165 e. The quantitative estimate of drug-likeness (QED) is 0.576. The van der Waals surface area contributed by atoms with E-state index in [2.05, 4.69) is 29.8 Å². The van der Waals surface area contributed by atoms with Gasteiger partial charge < -0.3 is 4.57 Å². The molecular weight excluding hydrogens is 373 g/mol. The summed E-state index contributed by atoms with van der Waals surface area (Å²) in [5, 5.41) is 0.971. The van der Waals surface area contributed by atoms with Gasteiger partial charge in [0.2, 0.25) is 0 Å². The number of halogens is 3. The predicted octanol–water partition coefficient (Wildman–Crippen LogP) is 5.70. The highest BCUT2D eigenvalue weighted by Crippen LogP contribution is 2.39. The predicted molar refractivity (Wildman–Crippen MR) is 89.9 cm³/mol. The van der Waals surface area contributed by atoms with Gasteiger partial charge in [-0.1, -0.05) is 37.0 Å². The number of ketones is 1. The van der Waals surface area contributed by atoms with Crippen LogP contribution in [0.25, 0.3) is 5.69 Å². The van der Waals surface area contributed by atoms with Gasteiger partial charge in [0, 0.05) is 28.3 Å². The second kappa shape index (κ2) is 5.15. The molecular formula is C16H14BrCl2NO. The lowest BCUT2D eigenvalue weighted by atomic mass is 9.76. The van der Waals surface area contributed by atoms with Crippen molar-refractivity contribution in [2.75, 3.05) is 0 Å². The molecule has 0 saturated heterocycles. The average molecular weight is 387 g/mol. The van der Waals surface area contributed by atoms with Crippen molar-refractivity contribution in [1.82, 2.24) is 4.57 Å². The number of fused-ring (bicyclic) bond motifs is 1. The molecule has 0 saturated carbocycles. The lowest BCUT2D eigenvalue weighted by molar-refractivity contribution is 0.0911. The fourth-order valence-corrected chi connectivity index (χ4v) is 3.73. The summed E-state index contributed by atoms with van der Waals surface area (Å²) < 4.78 is 2.74. The van der Waals surface area contributed by atoms with Crippen LogP contribution in [0.4, 0.5) is 0 Å². The van der Waals surface area contributed by atoms with Crippen LogP contribution in [0.3, 0.4) is 0 Å². The van der Waals surface area contributed by atoms with Crippen molar-refractivity contribution in [2.24, 2.45) is 5.41 Å². The molecule has 0 fully saturated rings. The van der Waals surface area contributed by atoms with Crippen molar-refractivity contribution < 1.29 is 4.79 Å². The maximum atomic E-state index is 12.3. The highest BCUT2D eigenvalue weighted by Gasteiger charge is 2.33. The maximum absolute atomic E-state index is 12.3. The summed E-state index contributed by atoms with van der Waals surface area (Å²) in [6.45, 7) is 4.22. The van der Waals surface area contributed by atoms with Gasteiger partial charge in [0.25, 0.3) is 0 Å². The molecule has 0 unspecified atom stereocenters. The molecule has 1 aliphatic carbocycles. The second-order valence-electron chi connectivity index (χ2n) is 6.18. The Morgan fingerprint density at radius 2 is 1.86 bits per heavy atom. The number of nitrogens with zero attached hydrogens (tertiary/aromatic N) is 1. The number of Topliss-reactive ketones (excluding diaryl/α,β-unsaturated/α-hetero) is 1. The van der Waals surface area contributed by atoms with Crippen LogP contribution >= 0.6 is 39.1 Å². The first-order valence-corrected chi connectivity index (χ1v) is 8.22. The average Bonchev–Trinajstić information content (AvgIpc) is 2.79. The summed E-state index contributed by atoms with van der Waals surface area (Å²) in [4.78, 5) is 12.3. The van der Waals surface area contributed by atoms with Crippen molar-refractivity contribution in [1.29, 1.82) is 0 Å². The van der Waals surface area contributed by atoms with Crippen molar-refractivity contribution >= 4 is 44.9 Å². The standard InChI is InChI=1S/C16H14BrCl2NO/c1-16(2)7-12-9(13(21)8-16)5-6-20(12)11-4-3-10(17)14(18)15(11)19/h3-6H,7-8H2,1-2H3. The smallest absolute Gasteiger partial charge is 0.165 e. The third-order valence-electron chi connectivity index (χ3n) is 3.85. The van der Waals surface area contributed by atoms with Crippen LogP contribution in [0.5, 0.6) is 0 Å². The molecule has 0 spiro atoms. The molecule has 0 N–H and O–H groups in total. The van der Waals surface area contributed by atoms with E-state index >= 15 is 0 Å². The zero-order chi connectivity index (χ0) is 15.4. The third-order valence-corrected chi connectivity index (χ3v) is 5.61. The number of aromatic nitrogens is 1. The zero-order valence-corrected chi connectivity index (χ0v) is 14.8. The van der Waals surface area contributed by atoms with Gasteiger partial charge in [0.1, 0.15) is 0 Å². The monoisotopic (exact) mass is 385 g/mol. The molecule has 1 heterocycles. The van der Waals surface area contributed by atoms with Gasteiger partial charge in [0.05, 0.1) is 15.7 Å². The van der Waals surface area contributed by atoms with E-state index in [4.69, 9.17) is 23.2 Å². The van der Waals surface area contributed by atoms with E-state index in [0.29, 0.717) is 16.5 Å². The van der Waals surface area contributed by atoms with Crippen molar-refractivity contribution in [3.63, 3.8) is 0 Å². The van der Waals surface area contributed by atoms with Gasteiger partial charge in [-0.25, -0.2) is 0 Å². The van der Waals surface area contributed by atoms with Crippen molar-refractivity contribution in [2.45, 2.75) is 26.7 Å². The van der Waals surface area contributed by atoms with Gasteiger partial charge in [-0.3, -0.25) is 4.79 Å². The Balaban J connectivity index is 2.19. The molecule has 5 heteroatoms. The number of rotatable bonds is 1. The first-order valence-electron chi connectivity index (χ1n) is 6.67. The molecule has 1 aromatic carbocycles. The summed E-state index contributed by atoms with van der Waals surface area (Å²) in [5.41, 5.74) is 2.57. The molecule has 0 amide bonds. The van der Waals surface area contributed by atoms with Crippen molar-refractivity contribution in [3.05, 3.63) is 50.2 Å². The molecule has 110 valence electrons. The van der Waals surface area contributed by atoms with Gasteiger partial charge in [-0.15, -0.1) is 0 Å². The molecule has 0 radical (unpaired) electrons. The number of carbonyl (C=O) groups is 1. The Hall–Kier alpha value is -0.770. The highest BCUT2D eigenvalue weighted by molar-refractivity contribution is 9.10. The molecule has 2 nitrogen and oxygen atoms in total. The van der Waals surface area contributed by atoms with Crippen LogP contribution in [0.2, 0.25) is 10.0 Å². The highest BCUT2D eigenvalue weighted by atomic mass is 79.9. The first-order chi connectivity index (χ1) is 9.80. The van der Waals surface area contributed by atoms with Crippen LogP contribution in [-0.4, -0.2) is 10.4 Å². The van der Waals surface area contributed by atoms with E-state index in [9.17, 15) is 4.79 Å². The lowest BCUT2D eigenvalue weighted by Crippen LogP contribution is -2.27. The van der Waals surface area contributed by atoms with Gasteiger partial charge in [0.15, 0.2) is 5.78 Å². The molecule has 3 rings (SSSR count). The zero-order valence-electron chi connectivity index (χ0n) is 11.7. The Morgan fingerprint density at radius 3 is 2.57 bits per heavy atom. The van der Waals surface area contributed by atoms with Crippen LogP contribution in [0.15, 0.2) is 28.9 Å². The van der Waals surface area contributed by atoms with E-state index in [1.807, 2.05) is 29.0 Å². The van der Waals surface area contributed by atoms with E-state index in [0.717, 1.165) is 27.8 Å². The van der Waals surface area contributed by atoms with E-state index in [1.54, 1.807) is 0 Å². The number of hydrogen-bond acceptors (Lipinski definition) is 1. The van der Waals surface area contributed by atoms with Gasteiger partial charge in [-0.2, -0.15) is 0 Å². The second-order valence-corrected chi connectivity index (χ2v) is 7.79. The number of benzene rings is 1. The van der Waals surface area contributed by atoms with Crippen LogP contribution < -0.4 is 0 Å². The summed E-state index contributed by atoms with van der Waals surface area (Å²) in [5.74, 6) is 0.194. The van der Waals surface area contributed by atoms with Gasteiger partial charge >= 0.3 is 0 Å². The largest absolute Gasteiger partial charge is 0.319 e. The minimum Gasteiger partial charge on any atom is -0.319 e. The molecule has 1 aliphatic rings. The van der Waals surface area contributed by atoms with Crippen molar-refractivity contribution in [3.8, 4) is 5.69 Å². The molecule has 0 atom stereocenters. The first kappa shape index (κ1) is 15.1. The number of carbonyl (C=O) groups excluding carboxylic acids is 1. The Bertz CT molecular complexity index is 749. The van der Waals surface area contributed by atoms with Crippen LogP contribution in [0.1, 0.15) is 36.3 Å². The summed E-state index contributed by atoms with van der Waals surface area (Å²) in [7, 11) is 0. The number of hydrogen-bond donors (Lipinski definition) is 0. The molecule has 0 aliphatic heterocycles. The Labute approximate surface area is 142 Å². The van der Waals surface area contributed by atoms with Gasteiger partial charge in [-0.05, 0) is 46.0 Å². The molecule has 21 heavy (non-hydrogen) atoms. The fraction of sp³-hybridized carbons (Fsp3) is 0.312.